The predicted octanol–water partition coefficient (Wildman–Crippen LogP) is 2.38. The minimum Gasteiger partial charge on any atom is -0.486 e. The number of hydrogen-bond acceptors (Lipinski definition) is 9. The molecule has 3 heterocycles. The molecule has 2 aromatic rings. The van der Waals surface area contributed by atoms with Gasteiger partial charge in [0.2, 0.25) is 15.9 Å². The normalized spacial score (nSPS) is 18.1. The maximum Gasteiger partial charge on any atom is 0.240 e. The second-order valence-corrected chi connectivity index (χ2v) is 12.3. The average molecular weight is 590 g/mol. The Morgan fingerprint density at radius 2 is 1.49 bits per heavy atom. The number of fused-ring (bicyclic) bond motifs is 2. The monoisotopic (exact) mass is 589 g/mol. The van der Waals surface area contributed by atoms with E-state index in [-0.39, 0.29) is 17.3 Å². The van der Waals surface area contributed by atoms with Gasteiger partial charge in [-0.1, -0.05) is 12.5 Å². The highest BCUT2D eigenvalue weighted by Crippen LogP contribution is 2.34. The van der Waals surface area contributed by atoms with Crippen molar-refractivity contribution in [3.63, 3.8) is 0 Å². The predicted molar refractivity (Wildman–Crippen MR) is 151 cm³/mol. The number of rotatable bonds is 13. The van der Waals surface area contributed by atoms with E-state index in [1.54, 1.807) is 18.2 Å². The molecule has 2 atom stereocenters. The molecule has 1 fully saturated rings. The molecule has 1 amide bonds. The Kier molecular flexibility index (Phi) is 9.86. The van der Waals surface area contributed by atoms with Gasteiger partial charge in [-0.2, -0.15) is 0 Å². The summed E-state index contributed by atoms with van der Waals surface area (Å²) in [6.45, 7) is 4.49. The van der Waals surface area contributed by atoms with Gasteiger partial charge in [-0.25, -0.2) is 13.1 Å². The second-order valence-electron chi connectivity index (χ2n) is 10.5. The van der Waals surface area contributed by atoms with Gasteiger partial charge in [-0.3, -0.25) is 4.79 Å². The smallest absolute Gasteiger partial charge is 0.240 e. The minimum atomic E-state index is -3.68. The van der Waals surface area contributed by atoms with Crippen LogP contribution < -0.4 is 29.0 Å². The fourth-order valence-electron chi connectivity index (χ4n) is 5.29. The molecule has 2 aromatic carbocycles. The Morgan fingerprint density at radius 1 is 0.854 bits per heavy atom. The van der Waals surface area contributed by atoms with Crippen LogP contribution in [0.2, 0.25) is 0 Å². The molecule has 41 heavy (non-hydrogen) atoms. The summed E-state index contributed by atoms with van der Waals surface area (Å²) in [6.07, 6.45) is 3.49. The number of benzene rings is 2. The zero-order valence-corrected chi connectivity index (χ0v) is 24.0. The van der Waals surface area contributed by atoms with Crippen molar-refractivity contribution in [2.24, 2.45) is 0 Å². The van der Waals surface area contributed by atoms with Gasteiger partial charge in [0, 0.05) is 25.6 Å². The first-order valence-electron chi connectivity index (χ1n) is 14.4. The van der Waals surface area contributed by atoms with Crippen molar-refractivity contribution in [2.45, 2.75) is 55.6 Å². The molecular formula is C29H39N3O8S. The highest BCUT2D eigenvalue weighted by Gasteiger charge is 2.28. The molecule has 3 aliphatic rings. The van der Waals surface area contributed by atoms with Crippen molar-refractivity contribution in [1.82, 2.24) is 14.9 Å². The van der Waals surface area contributed by atoms with Gasteiger partial charge < -0.3 is 34.3 Å². The van der Waals surface area contributed by atoms with Crippen LogP contribution in [0.1, 0.15) is 50.2 Å². The third kappa shape index (κ3) is 7.82. The summed E-state index contributed by atoms with van der Waals surface area (Å²) >= 11 is 0. The summed E-state index contributed by atoms with van der Waals surface area (Å²) in [5, 5.41) is 14.3. The molecule has 3 aliphatic heterocycles. The zero-order chi connectivity index (χ0) is 28.7. The molecule has 0 saturated carbocycles. The summed E-state index contributed by atoms with van der Waals surface area (Å²) in [6, 6.07) is 9.49. The molecule has 224 valence electrons. The van der Waals surface area contributed by atoms with Crippen molar-refractivity contribution >= 4 is 15.9 Å². The van der Waals surface area contributed by atoms with Crippen LogP contribution in [0.25, 0.3) is 0 Å². The lowest BCUT2D eigenvalue weighted by Crippen LogP contribution is -2.46. The molecule has 0 spiro atoms. The lowest BCUT2D eigenvalue weighted by atomic mass is 10.0. The lowest BCUT2D eigenvalue weighted by Gasteiger charge is -2.29. The Hall–Kier alpha value is -3.06. The summed E-state index contributed by atoms with van der Waals surface area (Å²) in [4.78, 5) is 15.3. The quantitative estimate of drug-likeness (QED) is 0.301. The maximum absolute atomic E-state index is 12.9. The van der Waals surface area contributed by atoms with E-state index >= 15 is 0 Å². The maximum atomic E-state index is 12.9. The summed E-state index contributed by atoms with van der Waals surface area (Å²) in [5.41, 5.74) is 0.670. The van der Waals surface area contributed by atoms with Gasteiger partial charge in [-0.15, -0.1) is 0 Å². The van der Waals surface area contributed by atoms with Gasteiger partial charge in [0.25, 0.3) is 0 Å². The Morgan fingerprint density at radius 3 is 2.20 bits per heavy atom. The van der Waals surface area contributed by atoms with Crippen molar-refractivity contribution in [3.8, 4) is 23.0 Å². The molecule has 0 aliphatic carbocycles. The number of carbonyl (C=O) groups excluding carboxylic acids is 1. The van der Waals surface area contributed by atoms with E-state index in [2.05, 4.69) is 14.9 Å². The molecule has 3 N–H and O–H groups in total. The van der Waals surface area contributed by atoms with Crippen molar-refractivity contribution in [2.75, 3.05) is 52.6 Å². The van der Waals surface area contributed by atoms with Crippen LogP contribution >= 0.6 is 0 Å². The van der Waals surface area contributed by atoms with E-state index < -0.39 is 22.2 Å². The average Bonchev–Trinajstić information content (AvgIpc) is 3.51. The number of unbranched alkanes of at least 4 members (excludes halogenated alkanes) is 2. The molecule has 0 radical (unpaired) electrons. The third-order valence-corrected chi connectivity index (χ3v) is 8.94. The van der Waals surface area contributed by atoms with Crippen LogP contribution in [0.15, 0.2) is 41.3 Å². The molecule has 11 nitrogen and oxygen atoms in total. The number of carbonyl (C=O) groups is 1. The number of amides is 1. The van der Waals surface area contributed by atoms with E-state index in [1.165, 1.54) is 12.1 Å². The third-order valence-electron chi connectivity index (χ3n) is 7.49. The van der Waals surface area contributed by atoms with E-state index in [1.807, 2.05) is 6.07 Å². The number of likely N-dealkylation sites (tertiary alicyclic amines) is 1. The highest BCUT2D eigenvalue weighted by atomic mass is 32.2. The number of nitrogens with one attached hydrogen (secondary N) is 2. The van der Waals surface area contributed by atoms with Crippen molar-refractivity contribution < 1.29 is 37.3 Å². The fourth-order valence-corrected chi connectivity index (χ4v) is 6.38. The highest BCUT2D eigenvalue weighted by molar-refractivity contribution is 7.89. The van der Waals surface area contributed by atoms with Gasteiger partial charge in [0.1, 0.15) is 32.5 Å². The number of aliphatic hydroxyl groups excluding tert-OH is 1. The van der Waals surface area contributed by atoms with Crippen LogP contribution in [0.3, 0.4) is 0 Å². The molecule has 0 bridgehead atoms. The van der Waals surface area contributed by atoms with Crippen LogP contribution in [-0.4, -0.2) is 83.0 Å². The van der Waals surface area contributed by atoms with Crippen LogP contribution in [0, 0.1) is 0 Å². The Balaban J connectivity index is 1.08. The number of aliphatic hydroxyl groups is 1. The SMILES string of the molecule is O=C(CCCCCNS(=O)(=O)c1ccc2c(c1)OCCO2)N[C@H](CN1CCCC1)[C@H](O)c1ccc2c(c1)OCCO2. The van der Waals surface area contributed by atoms with Gasteiger partial charge in [-0.05, 0) is 68.6 Å². The number of hydrogen-bond donors (Lipinski definition) is 3. The van der Waals surface area contributed by atoms with E-state index in [0.29, 0.717) is 87.2 Å². The first-order chi connectivity index (χ1) is 19.9. The summed E-state index contributed by atoms with van der Waals surface area (Å²) in [5.74, 6) is 2.08. The first-order valence-corrected chi connectivity index (χ1v) is 15.9. The molecular weight excluding hydrogens is 550 g/mol. The molecule has 0 unspecified atom stereocenters. The summed E-state index contributed by atoms with van der Waals surface area (Å²) < 4.78 is 50.1. The first kappa shape index (κ1) is 29.4. The molecule has 5 rings (SSSR count). The summed E-state index contributed by atoms with van der Waals surface area (Å²) in [7, 11) is -3.68. The second kappa shape index (κ2) is 13.7. The standard InChI is InChI=1S/C29H39N3O8S/c33-28(6-2-1-3-11-30-41(35,36)22-8-10-25-27(19-22)40-17-15-38-25)31-23(20-32-12-4-5-13-32)29(34)21-7-9-24-26(18-21)39-16-14-37-24/h7-10,18-19,23,29-30,34H,1-6,11-17,20H2,(H,31,33)/t23-,29-/m1/s1. The van der Waals surface area contributed by atoms with Crippen molar-refractivity contribution in [3.05, 3.63) is 42.0 Å². The van der Waals surface area contributed by atoms with Gasteiger partial charge in [0.05, 0.1) is 10.9 Å². The number of sulfonamides is 1. The van der Waals surface area contributed by atoms with Crippen LogP contribution in [0.5, 0.6) is 23.0 Å². The van der Waals surface area contributed by atoms with Crippen LogP contribution in [0.4, 0.5) is 0 Å². The van der Waals surface area contributed by atoms with Crippen LogP contribution in [-0.2, 0) is 14.8 Å². The number of ether oxygens (including phenoxy) is 4. The Labute approximate surface area is 241 Å². The molecule has 12 heteroatoms. The zero-order valence-electron chi connectivity index (χ0n) is 23.2. The van der Waals surface area contributed by atoms with Crippen molar-refractivity contribution in [1.29, 1.82) is 0 Å². The number of nitrogens with zero attached hydrogens (tertiary/aromatic N) is 1. The van der Waals surface area contributed by atoms with Gasteiger partial charge in [0.15, 0.2) is 23.0 Å². The van der Waals surface area contributed by atoms with E-state index in [4.69, 9.17) is 18.9 Å². The van der Waals surface area contributed by atoms with Gasteiger partial charge >= 0.3 is 0 Å². The van der Waals surface area contributed by atoms with E-state index in [0.717, 1.165) is 25.9 Å². The largest absolute Gasteiger partial charge is 0.486 e. The lowest BCUT2D eigenvalue weighted by molar-refractivity contribution is -0.123. The fraction of sp³-hybridized carbons (Fsp3) is 0.552. The minimum absolute atomic E-state index is 0.127. The molecule has 1 saturated heterocycles. The van der Waals surface area contributed by atoms with E-state index in [9.17, 15) is 18.3 Å². The topological polar surface area (TPSA) is 136 Å². The Bertz CT molecular complexity index is 1300. The molecule has 0 aromatic heterocycles.